The fraction of sp³-hybridized carbons (Fsp3) is 0.0952. The molecule has 4 aromatic rings. The summed E-state index contributed by atoms with van der Waals surface area (Å²) in [7, 11) is 0. The molecule has 4 rings (SSSR count). The number of hydrogen-bond donors (Lipinski definition) is 0. The third-order valence-electron chi connectivity index (χ3n) is 4.28. The number of nitro groups is 1. The standard InChI is InChI=1S/C21H15FN2O4/c1-2-27-16-7-3-13(4-8-16)14-5-9-17(18(22)11-14)21-23-19-12-15(24(25)26)6-10-20(19)28-21/h3-12H,2H2,1H3. The van der Waals surface area contributed by atoms with Crippen molar-refractivity contribution < 1.29 is 18.5 Å². The molecule has 0 radical (unpaired) electrons. The first kappa shape index (κ1) is 17.7. The summed E-state index contributed by atoms with van der Waals surface area (Å²) in [4.78, 5) is 14.6. The third kappa shape index (κ3) is 3.29. The van der Waals surface area contributed by atoms with Gasteiger partial charge in [-0.2, -0.15) is 0 Å². The fourth-order valence-electron chi connectivity index (χ4n) is 2.92. The summed E-state index contributed by atoms with van der Waals surface area (Å²) in [5.74, 6) is 0.336. The van der Waals surface area contributed by atoms with Gasteiger partial charge < -0.3 is 9.15 Å². The van der Waals surface area contributed by atoms with Gasteiger partial charge in [-0.15, -0.1) is 0 Å². The summed E-state index contributed by atoms with van der Waals surface area (Å²) in [6, 6.07) is 16.2. The van der Waals surface area contributed by atoms with Crippen molar-refractivity contribution in [1.82, 2.24) is 4.98 Å². The van der Waals surface area contributed by atoms with Crippen LogP contribution in [-0.4, -0.2) is 16.5 Å². The minimum Gasteiger partial charge on any atom is -0.494 e. The van der Waals surface area contributed by atoms with Gasteiger partial charge in [0, 0.05) is 12.1 Å². The molecule has 0 aliphatic rings. The van der Waals surface area contributed by atoms with Gasteiger partial charge in [-0.1, -0.05) is 18.2 Å². The van der Waals surface area contributed by atoms with E-state index in [0.29, 0.717) is 23.3 Å². The fourth-order valence-corrected chi connectivity index (χ4v) is 2.92. The molecule has 140 valence electrons. The van der Waals surface area contributed by atoms with E-state index in [-0.39, 0.29) is 17.1 Å². The van der Waals surface area contributed by atoms with Crippen LogP contribution in [0.25, 0.3) is 33.7 Å². The molecule has 0 amide bonds. The van der Waals surface area contributed by atoms with E-state index in [1.807, 2.05) is 31.2 Å². The summed E-state index contributed by atoms with van der Waals surface area (Å²) in [6.07, 6.45) is 0. The Bertz CT molecular complexity index is 1170. The predicted octanol–water partition coefficient (Wildman–Crippen LogP) is 5.61. The predicted molar refractivity (Wildman–Crippen MR) is 103 cm³/mol. The number of benzene rings is 3. The average molecular weight is 378 g/mol. The van der Waals surface area contributed by atoms with Crippen molar-refractivity contribution in [3.63, 3.8) is 0 Å². The Kier molecular flexibility index (Phi) is 4.49. The Labute approximate surface area is 159 Å². The van der Waals surface area contributed by atoms with Crippen molar-refractivity contribution >= 4 is 16.8 Å². The minimum atomic E-state index is -0.514. The number of ether oxygens (including phenoxy) is 1. The number of oxazole rings is 1. The maximum absolute atomic E-state index is 14.7. The Hall–Kier alpha value is -3.74. The summed E-state index contributed by atoms with van der Waals surface area (Å²) in [5.41, 5.74) is 2.31. The third-order valence-corrected chi connectivity index (χ3v) is 4.28. The summed E-state index contributed by atoms with van der Waals surface area (Å²) in [6.45, 7) is 2.49. The van der Waals surface area contributed by atoms with Crippen molar-refractivity contribution in [3.8, 4) is 28.3 Å². The van der Waals surface area contributed by atoms with Crippen molar-refractivity contribution in [2.45, 2.75) is 6.92 Å². The lowest BCUT2D eigenvalue weighted by Crippen LogP contribution is -1.91. The van der Waals surface area contributed by atoms with Crippen LogP contribution < -0.4 is 4.74 Å². The summed E-state index contributed by atoms with van der Waals surface area (Å²) < 4.78 is 25.7. The van der Waals surface area contributed by atoms with Crippen molar-refractivity contribution in [2.24, 2.45) is 0 Å². The maximum Gasteiger partial charge on any atom is 0.271 e. The number of aromatic nitrogens is 1. The van der Waals surface area contributed by atoms with Gasteiger partial charge in [0.1, 0.15) is 17.1 Å². The smallest absolute Gasteiger partial charge is 0.271 e. The van der Waals surface area contributed by atoms with Crippen LogP contribution in [0.15, 0.2) is 65.1 Å². The van der Waals surface area contributed by atoms with Crippen molar-refractivity contribution in [1.29, 1.82) is 0 Å². The molecule has 28 heavy (non-hydrogen) atoms. The van der Waals surface area contributed by atoms with E-state index in [0.717, 1.165) is 11.3 Å². The lowest BCUT2D eigenvalue weighted by Gasteiger charge is -2.06. The number of fused-ring (bicyclic) bond motifs is 1. The molecule has 0 saturated carbocycles. The highest BCUT2D eigenvalue weighted by Gasteiger charge is 2.16. The van der Waals surface area contributed by atoms with Crippen LogP contribution in [0.1, 0.15) is 6.92 Å². The van der Waals surface area contributed by atoms with E-state index >= 15 is 0 Å². The largest absolute Gasteiger partial charge is 0.494 e. The lowest BCUT2D eigenvalue weighted by atomic mass is 10.0. The first-order valence-corrected chi connectivity index (χ1v) is 8.63. The van der Waals surface area contributed by atoms with Gasteiger partial charge in [0.15, 0.2) is 5.58 Å². The highest BCUT2D eigenvalue weighted by Crippen LogP contribution is 2.31. The molecule has 6 nitrogen and oxygen atoms in total. The molecule has 0 spiro atoms. The Morgan fingerprint density at radius 3 is 2.50 bits per heavy atom. The number of rotatable bonds is 5. The SMILES string of the molecule is CCOc1ccc(-c2ccc(-c3nc4cc([N+](=O)[O-])ccc4o3)c(F)c2)cc1. The second-order valence-electron chi connectivity index (χ2n) is 6.08. The highest BCUT2D eigenvalue weighted by atomic mass is 19.1. The zero-order chi connectivity index (χ0) is 19.7. The molecular weight excluding hydrogens is 363 g/mol. The van der Waals surface area contributed by atoms with Gasteiger partial charge in [0.05, 0.1) is 17.1 Å². The number of nitrogens with zero attached hydrogens (tertiary/aromatic N) is 2. The lowest BCUT2D eigenvalue weighted by molar-refractivity contribution is -0.384. The topological polar surface area (TPSA) is 78.4 Å². The molecule has 7 heteroatoms. The first-order valence-electron chi connectivity index (χ1n) is 8.63. The van der Waals surface area contributed by atoms with Gasteiger partial charge in [0.25, 0.3) is 5.69 Å². The number of nitro benzene ring substituents is 1. The van der Waals surface area contributed by atoms with Gasteiger partial charge in [-0.05, 0) is 48.4 Å². The van der Waals surface area contributed by atoms with Crippen LogP contribution >= 0.6 is 0 Å². The molecule has 0 fully saturated rings. The maximum atomic E-state index is 14.7. The van der Waals surface area contributed by atoms with E-state index in [1.54, 1.807) is 12.1 Å². The van der Waals surface area contributed by atoms with Gasteiger partial charge in [0.2, 0.25) is 5.89 Å². The van der Waals surface area contributed by atoms with Crippen LogP contribution in [0.3, 0.4) is 0 Å². The normalized spacial score (nSPS) is 10.9. The van der Waals surface area contributed by atoms with Crippen LogP contribution in [0, 0.1) is 15.9 Å². The quantitative estimate of drug-likeness (QED) is 0.333. The average Bonchev–Trinajstić information content (AvgIpc) is 3.11. The van der Waals surface area contributed by atoms with Crippen LogP contribution in [0.5, 0.6) is 5.75 Å². The van der Waals surface area contributed by atoms with E-state index in [1.165, 1.54) is 24.3 Å². The van der Waals surface area contributed by atoms with Crippen LogP contribution in [-0.2, 0) is 0 Å². The molecule has 1 heterocycles. The van der Waals surface area contributed by atoms with E-state index in [2.05, 4.69) is 4.98 Å². The molecule has 0 saturated heterocycles. The van der Waals surface area contributed by atoms with Gasteiger partial charge >= 0.3 is 0 Å². The minimum absolute atomic E-state index is 0.0752. The Balaban J connectivity index is 1.67. The molecule has 0 unspecified atom stereocenters. The van der Waals surface area contributed by atoms with Crippen molar-refractivity contribution in [3.05, 3.63) is 76.6 Å². The highest BCUT2D eigenvalue weighted by molar-refractivity contribution is 5.79. The van der Waals surface area contributed by atoms with Gasteiger partial charge in [-0.3, -0.25) is 10.1 Å². The second-order valence-corrected chi connectivity index (χ2v) is 6.08. The first-order chi connectivity index (χ1) is 13.5. The van der Waals surface area contributed by atoms with E-state index in [9.17, 15) is 14.5 Å². The molecule has 3 aromatic carbocycles. The number of hydrogen-bond acceptors (Lipinski definition) is 5. The monoisotopic (exact) mass is 378 g/mol. The number of non-ortho nitro benzene ring substituents is 1. The van der Waals surface area contributed by atoms with E-state index < -0.39 is 10.7 Å². The summed E-state index contributed by atoms with van der Waals surface area (Å²) in [5, 5.41) is 10.9. The Morgan fingerprint density at radius 2 is 1.82 bits per heavy atom. The zero-order valence-electron chi connectivity index (χ0n) is 14.9. The molecular formula is C21H15FN2O4. The summed E-state index contributed by atoms with van der Waals surface area (Å²) >= 11 is 0. The molecule has 0 atom stereocenters. The van der Waals surface area contributed by atoms with Gasteiger partial charge in [-0.25, -0.2) is 9.37 Å². The second kappa shape index (κ2) is 7.11. The number of halogens is 1. The van der Waals surface area contributed by atoms with E-state index in [4.69, 9.17) is 9.15 Å². The zero-order valence-corrected chi connectivity index (χ0v) is 14.9. The van der Waals surface area contributed by atoms with Crippen LogP contribution in [0.4, 0.5) is 10.1 Å². The molecule has 1 aromatic heterocycles. The molecule has 0 bridgehead atoms. The Morgan fingerprint density at radius 1 is 1.07 bits per heavy atom. The van der Waals surface area contributed by atoms with Crippen molar-refractivity contribution in [2.75, 3.05) is 6.61 Å². The van der Waals surface area contributed by atoms with Crippen LogP contribution in [0.2, 0.25) is 0 Å². The molecule has 0 aliphatic heterocycles. The molecule has 0 aliphatic carbocycles. The molecule has 0 N–H and O–H groups in total.